The van der Waals surface area contributed by atoms with Gasteiger partial charge in [-0.25, -0.2) is 0 Å². The molecule has 0 aliphatic heterocycles. The Morgan fingerprint density at radius 1 is 1.18 bits per heavy atom. The van der Waals surface area contributed by atoms with Crippen LogP contribution in [0, 0.1) is 3.57 Å². The maximum Gasteiger partial charge on any atom is 0.253 e. The lowest BCUT2D eigenvalue weighted by Gasteiger charge is -2.31. The largest absolute Gasteiger partial charge is 0.339 e. The van der Waals surface area contributed by atoms with Crippen LogP contribution in [-0.4, -0.2) is 23.9 Å². The highest BCUT2D eigenvalue weighted by molar-refractivity contribution is 14.1. The normalized spacial score (nSPS) is 16.8. The molecule has 0 spiro atoms. The lowest BCUT2D eigenvalue weighted by Crippen LogP contribution is -2.38. The first-order chi connectivity index (χ1) is 8.18. The van der Waals surface area contributed by atoms with Gasteiger partial charge in [0, 0.05) is 22.2 Å². The van der Waals surface area contributed by atoms with Crippen molar-refractivity contribution in [1.82, 2.24) is 4.90 Å². The van der Waals surface area contributed by atoms with Crippen molar-refractivity contribution >= 4 is 28.5 Å². The van der Waals surface area contributed by atoms with Gasteiger partial charge in [-0.15, -0.1) is 0 Å². The van der Waals surface area contributed by atoms with E-state index in [1.807, 2.05) is 36.2 Å². The zero-order chi connectivity index (χ0) is 12.3. The Balaban J connectivity index is 2.05. The molecule has 0 bridgehead atoms. The molecule has 2 nitrogen and oxygen atoms in total. The number of halogens is 1. The number of benzene rings is 1. The van der Waals surface area contributed by atoms with Crippen LogP contribution >= 0.6 is 22.6 Å². The van der Waals surface area contributed by atoms with Crippen LogP contribution in [0.15, 0.2) is 24.3 Å². The van der Waals surface area contributed by atoms with Gasteiger partial charge in [-0.2, -0.15) is 0 Å². The fourth-order valence-corrected chi connectivity index (χ4v) is 2.79. The Labute approximate surface area is 117 Å². The molecule has 2 rings (SSSR count). The van der Waals surface area contributed by atoms with Crippen molar-refractivity contribution in [2.45, 2.75) is 38.1 Å². The van der Waals surface area contributed by atoms with Gasteiger partial charge in [-0.3, -0.25) is 4.79 Å². The molecule has 1 saturated carbocycles. The molecule has 3 heteroatoms. The second kappa shape index (κ2) is 5.85. The quantitative estimate of drug-likeness (QED) is 0.750. The van der Waals surface area contributed by atoms with Crippen LogP contribution in [0.25, 0.3) is 0 Å². The Hall–Kier alpha value is -0.580. The summed E-state index contributed by atoms with van der Waals surface area (Å²) in [6, 6.07) is 8.26. The number of hydrogen-bond donors (Lipinski definition) is 0. The summed E-state index contributed by atoms with van der Waals surface area (Å²) in [7, 11) is 1.94. The fourth-order valence-electron chi connectivity index (χ4n) is 2.43. The molecule has 0 heterocycles. The lowest BCUT2D eigenvalue weighted by molar-refractivity contribution is 0.0696. The van der Waals surface area contributed by atoms with Crippen LogP contribution in [0.2, 0.25) is 0 Å². The van der Waals surface area contributed by atoms with Crippen molar-refractivity contribution in [2.24, 2.45) is 0 Å². The number of amides is 1. The zero-order valence-electron chi connectivity index (χ0n) is 10.2. The van der Waals surface area contributed by atoms with Gasteiger partial charge in [-0.05, 0) is 59.7 Å². The Morgan fingerprint density at radius 3 is 2.35 bits per heavy atom. The maximum absolute atomic E-state index is 12.3. The smallest absolute Gasteiger partial charge is 0.253 e. The van der Waals surface area contributed by atoms with Gasteiger partial charge in [0.15, 0.2) is 0 Å². The molecule has 92 valence electrons. The van der Waals surface area contributed by atoms with E-state index < -0.39 is 0 Å². The first-order valence-electron chi connectivity index (χ1n) is 6.21. The van der Waals surface area contributed by atoms with E-state index in [9.17, 15) is 4.79 Å². The minimum Gasteiger partial charge on any atom is -0.339 e. The van der Waals surface area contributed by atoms with Gasteiger partial charge < -0.3 is 4.90 Å². The first kappa shape index (κ1) is 12.9. The molecule has 0 aromatic heterocycles. The van der Waals surface area contributed by atoms with Crippen LogP contribution in [-0.2, 0) is 0 Å². The van der Waals surface area contributed by atoms with E-state index in [-0.39, 0.29) is 5.91 Å². The lowest BCUT2D eigenvalue weighted by atomic mass is 9.94. The van der Waals surface area contributed by atoms with E-state index in [1.54, 1.807) is 0 Å². The van der Waals surface area contributed by atoms with E-state index >= 15 is 0 Å². The van der Waals surface area contributed by atoms with E-state index in [1.165, 1.54) is 22.8 Å². The van der Waals surface area contributed by atoms with Crippen molar-refractivity contribution in [3.8, 4) is 0 Å². The Kier molecular flexibility index (Phi) is 4.42. The number of rotatable bonds is 2. The fraction of sp³-hybridized carbons (Fsp3) is 0.500. The van der Waals surface area contributed by atoms with Crippen LogP contribution in [0.5, 0.6) is 0 Å². The minimum atomic E-state index is 0.160. The van der Waals surface area contributed by atoms with Crippen molar-refractivity contribution < 1.29 is 4.79 Å². The summed E-state index contributed by atoms with van der Waals surface area (Å²) in [5.74, 6) is 0.160. The predicted octanol–water partition coefficient (Wildman–Crippen LogP) is 3.70. The summed E-state index contributed by atoms with van der Waals surface area (Å²) in [6.45, 7) is 0. The van der Waals surface area contributed by atoms with E-state index in [4.69, 9.17) is 0 Å². The van der Waals surface area contributed by atoms with Crippen LogP contribution in [0.3, 0.4) is 0 Å². The molecule has 17 heavy (non-hydrogen) atoms. The monoisotopic (exact) mass is 343 g/mol. The third kappa shape index (κ3) is 3.21. The summed E-state index contributed by atoms with van der Waals surface area (Å²) in [5, 5.41) is 0. The standard InChI is InChI=1S/C14H18INO/c1-16(13-5-3-2-4-6-13)14(17)11-7-9-12(15)10-8-11/h7-10,13H,2-6H2,1H3. The van der Waals surface area contributed by atoms with Gasteiger partial charge in [0.1, 0.15) is 0 Å². The highest BCUT2D eigenvalue weighted by Gasteiger charge is 2.22. The van der Waals surface area contributed by atoms with Gasteiger partial charge >= 0.3 is 0 Å². The first-order valence-corrected chi connectivity index (χ1v) is 7.29. The summed E-state index contributed by atoms with van der Waals surface area (Å²) in [5.41, 5.74) is 0.804. The molecule has 0 atom stereocenters. The number of carbonyl (C=O) groups is 1. The van der Waals surface area contributed by atoms with Crippen LogP contribution < -0.4 is 0 Å². The van der Waals surface area contributed by atoms with Gasteiger partial charge in [0.25, 0.3) is 5.91 Å². The Morgan fingerprint density at radius 2 is 1.76 bits per heavy atom. The van der Waals surface area contributed by atoms with E-state index in [0.29, 0.717) is 6.04 Å². The van der Waals surface area contributed by atoms with Crippen molar-refractivity contribution in [3.05, 3.63) is 33.4 Å². The summed E-state index contributed by atoms with van der Waals surface area (Å²) < 4.78 is 1.17. The third-order valence-corrected chi connectivity index (χ3v) is 4.25. The highest BCUT2D eigenvalue weighted by Crippen LogP contribution is 2.23. The van der Waals surface area contributed by atoms with E-state index in [2.05, 4.69) is 22.6 Å². The topological polar surface area (TPSA) is 20.3 Å². The van der Waals surface area contributed by atoms with Crippen molar-refractivity contribution in [3.63, 3.8) is 0 Å². The predicted molar refractivity (Wildman–Crippen MR) is 78.1 cm³/mol. The highest BCUT2D eigenvalue weighted by atomic mass is 127. The molecule has 1 fully saturated rings. The molecular formula is C14H18INO. The number of hydrogen-bond acceptors (Lipinski definition) is 1. The SMILES string of the molecule is CN(C(=O)c1ccc(I)cc1)C1CCCCC1. The van der Waals surface area contributed by atoms with Gasteiger partial charge in [-0.1, -0.05) is 19.3 Å². The summed E-state index contributed by atoms with van der Waals surface area (Å²) in [4.78, 5) is 14.2. The third-order valence-electron chi connectivity index (χ3n) is 3.53. The summed E-state index contributed by atoms with van der Waals surface area (Å²) >= 11 is 2.26. The van der Waals surface area contributed by atoms with Crippen LogP contribution in [0.4, 0.5) is 0 Å². The molecule has 0 unspecified atom stereocenters. The average Bonchev–Trinajstić information content (AvgIpc) is 2.39. The molecule has 0 saturated heterocycles. The number of nitrogens with zero attached hydrogens (tertiary/aromatic N) is 1. The molecular weight excluding hydrogens is 325 g/mol. The maximum atomic E-state index is 12.3. The molecule has 0 N–H and O–H groups in total. The van der Waals surface area contributed by atoms with E-state index in [0.717, 1.165) is 18.4 Å². The summed E-state index contributed by atoms with van der Waals surface area (Å²) in [6.07, 6.45) is 6.16. The van der Waals surface area contributed by atoms with Crippen molar-refractivity contribution in [1.29, 1.82) is 0 Å². The number of carbonyl (C=O) groups excluding carboxylic acids is 1. The second-order valence-electron chi connectivity index (χ2n) is 4.71. The molecule has 1 amide bonds. The molecule has 0 radical (unpaired) electrons. The van der Waals surface area contributed by atoms with Gasteiger partial charge in [0.05, 0.1) is 0 Å². The molecule has 1 aromatic rings. The van der Waals surface area contributed by atoms with Gasteiger partial charge in [0.2, 0.25) is 0 Å². The zero-order valence-corrected chi connectivity index (χ0v) is 12.3. The molecule has 1 aliphatic rings. The van der Waals surface area contributed by atoms with Crippen LogP contribution in [0.1, 0.15) is 42.5 Å². The Bertz CT molecular complexity index is 382. The molecule has 1 aromatic carbocycles. The molecule has 1 aliphatic carbocycles. The second-order valence-corrected chi connectivity index (χ2v) is 5.96. The average molecular weight is 343 g/mol. The van der Waals surface area contributed by atoms with Crippen molar-refractivity contribution in [2.75, 3.05) is 7.05 Å². The minimum absolute atomic E-state index is 0.160.